The van der Waals surface area contributed by atoms with E-state index < -0.39 is 5.91 Å². The number of methoxy groups -OCH3 is 1. The maximum absolute atomic E-state index is 11.5. The van der Waals surface area contributed by atoms with Crippen molar-refractivity contribution in [1.82, 2.24) is 14.5 Å². The highest BCUT2D eigenvalue weighted by Crippen LogP contribution is 2.44. The van der Waals surface area contributed by atoms with Crippen molar-refractivity contribution in [3.63, 3.8) is 0 Å². The van der Waals surface area contributed by atoms with Gasteiger partial charge in [0.2, 0.25) is 11.9 Å². The molecule has 0 bridgehead atoms. The number of nitrogens with zero attached hydrogens (tertiary/aromatic N) is 4. The van der Waals surface area contributed by atoms with Crippen LogP contribution in [0.3, 0.4) is 0 Å². The molecule has 0 unspecified atom stereocenters. The topological polar surface area (TPSA) is 108 Å². The van der Waals surface area contributed by atoms with Crippen molar-refractivity contribution in [3.8, 4) is 17.0 Å². The molecule has 2 saturated heterocycles. The minimum Gasteiger partial charge on any atom is -0.494 e. The van der Waals surface area contributed by atoms with E-state index in [0.717, 1.165) is 59.7 Å². The zero-order chi connectivity index (χ0) is 25.6. The van der Waals surface area contributed by atoms with E-state index in [1.165, 1.54) is 6.08 Å². The molecule has 2 fully saturated rings. The third-order valence-corrected chi connectivity index (χ3v) is 7.06. The van der Waals surface area contributed by atoms with Crippen molar-refractivity contribution < 1.29 is 14.3 Å². The molecule has 37 heavy (non-hydrogen) atoms. The molecule has 6 rings (SSSR count). The molecule has 188 valence electrons. The van der Waals surface area contributed by atoms with Crippen molar-refractivity contribution in [2.24, 2.45) is 18.2 Å². The first-order valence-electron chi connectivity index (χ1n) is 12.1. The van der Waals surface area contributed by atoms with Gasteiger partial charge in [-0.05, 0) is 24.3 Å². The zero-order valence-electron chi connectivity index (χ0n) is 20.8. The van der Waals surface area contributed by atoms with E-state index in [2.05, 4.69) is 38.1 Å². The second-order valence-corrected chi connectivity index (χ2v) is 9.76. The SMILES string of the molecule is COc1cc(N2CC3(COC3)C2)c(C=CC(N)=O)cc1Nc1nccc(-c2cn(C)c3ccccc23)n1. The van der Waals surface area contributed by atoms with Crippen LogP contribution in [0, 0.1) is 5.41 Å². The van der Waals surface area contributed by atoms with E-state index in [0.29, 0.717) is 17.4 Å². The van der Waals surface area contributed by atoms with E-state index in [4.69, 9.17) is 20.2 Å². The fraction of sp³-hybridized carbons (Fsp3) is 0.250. The minimum atomic E-state index is -0.505. The second-order valence-electron chi connectivity index (χ2n) is 9.76. The molecule has 9 heteroatoms. The first-order chi connectivity index (χ1) is 17.9. The van der Waals surface area contributed by atoms with Gasteiger partial charge in [-0.1, -0.05) is 18.2 Å². The number of benzene rings is 2. The van der Waals surface area contributed by atoms with Gasteiger partial charge < -0.3 is 30.0 Å². The molecule has 0 saturated carbocycles. The van der Waals surface area contributed by atoms with Gasteiger partial charge in [-0.3, -0.25) is 4.79 Å². The van der Waals surface area contributed by atoms with Gasteiger partial charge in [0.1, 0.15) is 5.75 Å². The van der Waals surface area contributed by atoms with Gasteiger partial charge in [-0.25, -0.2) is 9.97 Å². The number of aromatic nitrogens is 3. The van der Waals surface area contributed by atoms with Gasteiger partial charge in [-0.15, -0.1) is 0 Å². The summed E-state index contributed by atoms with van der Waals surface area (Å²) in [7, 11) is 3.66. The monoisotopic (exact) mass is 496 g/mol. The Hall–Kier alpha value is -4.37. The van der Waals surface area contributed by atoms with Gasteiger partial charge in [0, 0.05) is 72.4 Å². The lowest BCUT2D eigenvalue weighted by molar-refractivity contribution is -0.127. The molecule has 0 atom stereocenters. The minimum absolute atomic E-state index is 0.241. The molecule has 4 heterocycles. The molecule has 1 amide bonds. The highest BCUT2D eigenvalue weighted by molar-refractivity contribution is 5.95. The van der Waals surface area contributed by atoms with Crippen LogP contribution in [-0.4, -0.2) is 53.9 Å². The summed E-state index contributed by atoms with van der Waals surface area (Å²) >= 11 is 0. The van der Waals surface area contributed by atoms with Crippen LogP contribution in [0.4, 0.5) is 17.3 Å². The first-order valence-corrected chi connectivity index (χ1v) is 12.1. The van der Waals surface area contributed by atoms with Crippen molar-refractivity contribution in [3.05, 3.63) is 66.5 Å². The number of amides is 1. The molecule has 2 aliphatic heterocycles. The fourth-order valence-corrected chi connectivity index (χ4v) is 5.17. The third kappa shape index (κ3) is 4.17. The van der Waals surface area contributed by atoms with E-state index in [9.17, 15) is 4.79 Å². The predicted octanol–water partition coefficient (Wildman–Crippen LogP) is 3.72. The number of ether oxygens (including phenoxy) is 2. The molecule has 2 aromatic carbocycles. The Labute approximate surface area is 214 Å². The van der Waals surface area contributed by atoms with Crippen LogP contribution in [0.5, 0.6) is 5.75 Å². The summed E-state index contributed by atoms with van der Waals surface area (Å²) < 4.78 is 13.2. The molecule has 4 aromatic rings. The molecule has 0 aliphatic carbocycles. The number of para-hydroxylation sites is 1. The average molecular weight is 497 g/mol. The summed E-state index contributed by atoms with van der Waals surface area (Å²) in [6.45, 7) is 3.38. The highest BCUT2D eigenvalue weighted by Gasteiger charge is 2.49. The lowest BCUT2D eigenvalue weighted by atomic mass is 9.77. The van der Waals surface area contributed by atoms with Crippen molar-refractivity contribution in [2.45, 2.75) is 0 Å². The smallest absolute Gasteiger partial charge is 0.241 e. The van der Waals surface area contributed by atoms with Gasteiger partial charge in [0.05, 0.1) is 37.1 Å². The van der Waals surface area contributed by atoms with Crippen LogP contribution < -0.4 is 20.7 Å². The summed E-state index contributed by atoms with van der Waals surface area (Å²) in [6, 6.07) is 14.0. The Kier molecular flexibility index (Phi) is 5.57. The summed E-state index contributed by atoms with van der Waals surface area (Å²) in [4.78, 5) is 23.0. The molecule has 3 N–H and O–H groups in total. The van der Waals surface area contributed by atoms with E-state index in [-0.39, 0.29) is 5.41 Å². The maximum Gasteiger partial charge on any atom is 0.241 e. The van der Waals surface area contributed by atoms with E-state index in [1.807, 2.05) is 37.4 Å². The van der Waals surface area contributed by atoms with Gasteiger partial charge in [-0.2, -0.15) is 0 Å². The third-order valence-electron chi connectivity index (χ3n) is 7.06. The molecule has 1 spiro atoms. The number of aryl methyl sites for hydroxylation is 1. The molecule has 0 radical (unpaired) electrons. The summed E-state index contributed by atoms with van der Waals surface area (Å²) in [6.07, 6.45) is 6.92. The number of hydrogen-bond acceptors (Lipinski definition) is 7. The van der Waals surface area contributed by atoms with Gasteiger partial charge in [0.15, 0.2) is 0 Å². The number of carbonyl (C=O) groups excluding carboxylic acids is 1. The first kappa shape index (κ1) is 23.1. The number of primary amides is 1. The van der Waals surface area contributed by atoms with Crippen LogP contribution in [-0.2, 0) is 16.6 Å². The fourth-order valence-electron chi connectivity index (χ4n) is 5.17. The van der Waals surface area contributed by atoms with E-state index in [1.54, 1.807) is 19.4 Å². The Morgan fingerprint density at radius 1 is 1.22 bits per heavy atom. The Bertz CT molecular complexity index is 1530. The average Bonchev–Trinajstić information content (AvgIpc) is 3.18. The number of anilines is 3. The quantitative estimate of drug-likeness (QED) is 0.376. The number of nitrogens with one attached hydrogen (secondary N) is 1. The predicted molar refractivity (Wildman–Crippen MR) is 144 cm³/mol. The number of carbonyl (C=O) groups is 1. The van der Waals surface area contributed by atoms with Crippen molar-refractivity contribution >= 4 is 40.2 Å². The lowest BCUT2D eigenvalue weighted by Crippen LogP contribution is -2.66. The maximum atomic E-state index is 11.5. The lowest BCUT2D eigenvalue weighted by Gasteiger charge is -2.56. The zero-order valence-corrected chi connectivity index (χ0v) is 20.8. The number of nitrogens with two attached hydrogens (primary N) is 1. The molecular formula is C28H28N6O3. The Balaban J connectivity index is 1.34. The molecule has 2 aliphatic rings. The van der Waals surface area contributed by atoms with E-state index >= 15 is 0 Å². The summed E-state index contributed by atoms with van der Waals surface area (Å²) in [5.74, 6) is 0.585. The summed E-state index contributed by atoms with van der Waals surface area (Å²) in [5.41, 5.74) is 11.1. The van der Waals surface area contributed by atoms with Crippen LogP contribution in [0.25, 0.3) is 28.2 Å². The van der Waals surface area contributed by atoms with Crippen LogP contribution in [0.2, 0.25) is 0 Å². The largest absolute Gasteiger partial charge is 0.494 e. The molecular weight excluding hydrogens is 468 g/mol. The molecule has 9 nitrogen and oxygen atoms in total. The Morgan fingerprint density at radius 2 is 2.03 bits per heavy atom. The number of rotatable bonds is 7. The molecule has 2 aromatic heterocycles. The van der Waals surface area contributed by atoms with Crippen LogP contribution in [0.1, 0.15) is 5.56 Å². The van der Waals surface area contributed by atoms with Gasteiger partial charge >= 0.3 is 0 Å². The second kappa shape index (κ2) is 8.94. The van der Waals surface area contributed by atoms with Crippen molar-refractivity contribution in [2.75, 3.05) is 43.6 Å². The number of hydrogen-bond donors (Lipinski definition) is 2. The number of fused-ring (bicyclic) bond motifs is 1. The normalized spacial score (nSPS) is 16.1. The van der Waals surface area contributed by atoms with Gasteiger partial charge in [0.25, 0.3) is 0 Å². The highest BCUT2D eigenvalue weighted by atomic mass is 16.5. The summed E-state index contributed by atoms with van der Waals surface area (Å²) in [5, 5.41) is 4.44. The Morgan fingerprint density at radius 3 is 2.76 bits per heavy atom. The van der Waals surface area contributed by atoms with Crippen molar-refractivity contribution in [1.29, 1.82) is 0 Å². The van der Waals surface area contributed by atoms with Crippen LogP contribution >= 0.6 is 0 Å². The standard InChI is InChI=1S/C28H28N6O3/c1-33-13-20(19-5-3-4-6-23(19)33)21-9-10-30-27(31-21)32-22-11-18(7-8-26(29)35)24(12-25(22)36-2)34-14-28(15-34)16-37-17-28/h3-13H,14-17H2,1-2H3,(H2,29,35)(H,30,31,32). The van der Waals surface area contributed by atoms with Crippen LogP contribution in [0.15, 0.2) is 60.9 Å².